The van der Waals surface area contributed by atoms with Crippen molar-refractivity contribution < 1.29 is 24.2 Å². The molecule has 1 saturated carbocycles. The lowest BCUT2D eigenvalue weighted by Crippen LogP contribution is -2.41. The molecular formula is C20H28N2O5. The number of carbonyl (C=O) groups is 2. The van der Waals surface area contributed by atoms with Gasteiger partial charge in [-0.1, -0.05) is 30.7 Å². The molecule has 0 bridgehead atoms. The molecule has 2 atom stereocenters. The van der Waals surface area contributed by atoms with Gasteiger partial charge in [-0.2, -0.15) is 0 Å². The summed E-state index contributed by atoms with van der Waals surface area (Å²) in [4.78, 5) is 25.9. The van der Waals surface area contributed by atoms with Crippen molar-refractivity contribution in [3.63, 3.8) is 0 Å². The first kappa shape index (κ1) is 19.6. The van der Waals surface area contributed by atoms with Crippen molar-refractivity contribution in [2.75, 3.05) is 33.4 Å². The number of carboxylic acids is 1. The Labute approximate surface area is 159 Å². The molecular weight excluding hydrogens is 348 g/mol. The zero-order chi connectivity index (χ0) is 19.3. The van der Waals surface area contributed by atoms with Crippen LogP contribution in [0.4, 0.5) is 4.79 Å². The largest absolute Gasteiger partial charge is 0.481 e. The Morgan fingerprint density at radius 1 is 1.26 bits per heavy atom. The minimum Gasteiger partial charge on any atom is -0.481 e. The van der Waals surface area contributed by atoms with Crippen LogP contribution < -0.4 is 5.32 Å². The Hall–Kier alpha value is -2.12. The fraction of sp³-hybridized carbons (Fsp3) is 0.600. The summed E-state index contributed by atoms with van der Waals surface area (Å²) in [6.07, 6.45) is 2.50. The molecule has 1 aliphatic carbocycles. The molecule has 27 heavy (non-hydrogen) atoms. The van der Waals surface area contributed by atoms with E-state index in [1.807, 2.05) is 24.3 Å². The minimum atomic E-state index is -0.761. The van der Waals surface area contributed by atoms with E-state index >= 15 is 0 Å². The zero-order valence-electron chi connectivity index (χ0n) is 15.8. The monoisotopic (exact) mass is 376 g/mol. The highest BCUT2D eigenvalue weighted by atomic mass is 16.5. The predicted molar refractivity (Wildman–Crippen MR) is 99.2 cm³/mol. The van der Waals surface area contributed by atoms with Crippen molar-refractivity contribution in [3.05, 3.63) is 35.4 Å². The Bertz CT molecular complexity index is 663. The summed E-state index contributed by atoms with van der Waals surface area (Å²) >= 11 is 0. The van der Waals surface area contributed by atoms with Crippen LogP contribution in [0.2, 0.25) is 0 Å². The third-order valence-corrected chi connectivity index (χ3v) is 5.75. The molecule has 1 heterocycles. The van der Waals surface area contributed by atoms with Crippen molar-refractivity contribution in [3.8, 4) is 0 Å². The van der Waals surface area contributed by atoms with Gasteiger partial charge in [-0.15, -0.1) is 0 Å². The van der Waals surface area contributed by atoms with Crippen molar-refractivity contribution in [1.82, 2.24) is 10.2 Å². The molecule has 0 aromatic heterocycles. The second-order valence-corrected chi connectivity index (χ2v) is 7.45. The highest BCUT2D eigenvalue weighted by Gasteiger charge is 2.55. The number of likely N-dealkylation sites (tertiary alicyclic amines) is 1. The smallest absolute Gasteiger partial charge is 0.317 e. The van der Waals surface area contributed by atoms with E-state index in [0.717, 1.165) is 24.0 Å². The van der Waals surface area contributed by atoms with Crippen LogP contribution in [0.5, 0.6) is 0 Å². The highest BCUT2D eigenvalue weighted by molar-refractivity contribution is 5.80. The van der Waals surface area contributed by atoms with Gasteiger partial charge in [0, 0.05) is 26.7 Å². The van der Waals surface area contributed by atoms with Gasteiger partial charge in [-0.3, -0.25) is 4.79 Å². The Balaban J connectivity index is 1.46. The molecule has 2 N–H and O–H groups in total. The molecule has 0 unspecified atom stereocenters. The molecule has 2 amide bonds. The number of nitrogens with one attached hydrogen (secondary N) is 1. The van der Waals surface area contributed by atoms with E-state index in [1.165, 1.54) is 0 Å². The van der Waals surface area contributed by atoms with Gasteiger partial charge < -0.3 is 24.8 Å². The number of amides is 2. The zero-order valence-corrected chi connectivity index (χ0v) is 15.8. The topological polar surface area (TPSA) is 88.1 Å². The van der Waals surface area contributed by atoms with E-state index in [4.69, 9.17) is 9.47 Å². The third-order valence-electron chi connectivity index (χ3n) is 5.75. The number of urea groups is 1. The number of hydrogen-bond donors (Lipinski definition) is 2. The Morgan fingerprint density at radius 2 is 2.00 bits per heavy atom. The SMILES string of the molecule is COCCOCc1ccc(CNC(=O)N2C[C@@H]3CCC[C@@]3(C(=O)O)C2)cc1. The standard InChI is InChI=1S/C20H28N2O5/c1-26-9-10-27-13-16-6-4-15(5-7-16)11-21-19(25)22-12-17-3-2-8-20(17,14-22)18(23)24/h4-7,17H,2-3,8-14H2,1H3,(H,21,25)(H,23,24)/t17-,20+/m0/s1. The lowest BCUT2D eigenvalue weighted by Gasteiger charge is -2.23. The molecule has 148 valence electrons. The second-order valence-electron chi connectivity index (χ2n) is 7.45. The van der Waals surface area contributed by atoms with E-state index in [2.05, 4.69) is 5.32 Å². The summed E-state index contributed by atoms with van der Waals surface area (Å²) in [5, 5.41) is 12.5. The van der Waals surface area contributed by atoms with Crippen molar-refractivity contribution in [2.45, 2.75) is 32.4 Å². The van der Waals surface area contributed by atoms with E-state index < -0.39 is 11.4 Å². The van der Waals surface area contributed by atoms with E-state index in [1.54, 1.807) is 12.0 Å². The molecule has 2 aliphatic rings. The molecule has 0 spiro atoms. The summed E-state index contributed by atoms with van der Waals surface area (Å²) in [5.74, 6) is -0.679. The maximum atomic E-state index is 12.5. The summed E-state index contributed by atoms with van der Waals surface area (Å²) in [6, 6.07) is 7.71. The minimum absolute atomic E-state index is 0.0816. The van der Waals surface area contributed by atoms with Crippen molar-refractivity contribution >= 4 is 12.0 Å². The average molecular weight is 376 g/mol. The van der Waals surface area contributed by atoms with E-state index in [9.17, 15) is 14.7 Å². The van der Waals surface area contributed by atoms with Crippen LogP contribution in [-0.2, 0) is 27.4 Å². The normalized spacial score (nSPS) is 24.0. The summed E-state index contributed by atoms with van der Waals surface area (Å²) in [5.41, 5.74) is 1.33. The lowest BCUT2D eigenvalue weighted by molar-refractivity contribution is -0.149. The van der Waals surface area contributed by atoms with Crippen LogP contribution in [-0.4, -0.2) is 55.4 Å². The average Bonchev–Trinajstić information content (AvgIpc) is 3.23. The number of rotatable bonds is 8. The Morgan fingerprint density at radius 3 is 2.67 bits per heavy atom. The van der Waals surface area contributed by atoms with Crippen LogP contribution >= 0.6 is 0 Å². The molecule has 1 aromatic rings. The van der Waals surface area contributed by atoms with E-state index in [0.29, 0.717) is 45.9 Å². The molecule has 3 rings (SSSR count). The van der Waals surface area contributed by atoms with E-state index in [-0.39, 0.29) is 11.9 Å². The first-order valence-corrected chi connectivity index (χ1v) is 9.46. The van der Waals surface area contributed by atoms with Gasteiger partial charge in [0.1, 0.15) is 0 Å². The first-order chi connectivity index (χ1) is 13.0. The van der Waals surface area contributed by atoms with Gasteiger partial charge >= 0.3 is 12.0 Å². The number of fused-ring (bicyclic) bond motifs is 1. The summed E-state index contributed by atoms with van der Waals surface area (Å²) < 4.78 is 10.4. The van der Waals surface area contributed by atoms with Crippen molar-refractivity contribution in [1.29, 1.82) is 0 Å². The number of nitrogens with zero attached hydrogens (tertiary/aromatic N) is 1. The van der Waals surface area contributed by atoms with Crippen LogP contribution in [0.3, 0.4) is 0 Å². The van der Waals surface area contributed by atoms with Gasteiger partial charge in [0.05, 0.1) is 25.2 Å². The second kappa shape index (κ2) is 8.71. The number of aliphatic carboxylic acids is 1. The van der Waals surface area contributed by atoms with Gasteiger partial charge in [0.15, 0.2) is 0 Å². The van der Waals surface area contributed by atoms with Crippen LogP contribution in [0.25, 0.3) is 0 Å². The first-order valence-electron chi connectivity index (χ1n) is 9.46. The number of methoxy groups -OCH3 is 1. The summed E-state index contributed by atoms with van der Waals surface area (Å²) in [6.45, 7) is 2.94. The fourth-order valence-electron chi connectivity index (χ4n) is 4.17. The van der Waals surface area contributed by atoms with Gasteiger partial charge in [-0.05, 0) is 29.9 Å². The number of carbonyl (C=O) groups excluding carboxylic acids is 1. The molecule has 1 aliphatic heterocycles. The number of carboxylic acid groups (broad SMARTS) is 1. The maximum Gasteiger partial charge on any atom is 0.317 e. The molecule has 7 heteroatoms. The van der Waals surface area contributed by atoms with Crippen LogP contribution in [0, 0.1) is 11.3 Å². The molecule has 7 nitrogen and oxygen atoms in total. The van der Waals surface area contributed by atoms with Crippen molar-refractivity contribution in [2.24, 2.45) is 11.3 Å². The number of ether oxygens (including phenoxy) is 2. The van der Waals surface area contributed by atoms with Gasteiger partial charge in [0.25, 0.3) is 0 Å². The fourth-order valence-corrected chi connectivity index (χ4v) is 4.17. The number of hydrogen-bond acceptors (Lipinski definition) is 4. The molecule has 2 fully saturated rings. The van der Waals surface area contributed by atoms with Crippen LogP contribution in [0.1, 0.15) is 30.4 Å². The Kier molecular flexibility index (Phi) is 6.34. The lowest BCUT2D eigenvalue weighted by atomic mass is 9.81. The molecule has 1 saturated heterocycles. The molecule has 0 radical (unpaired) electrons. The van der Waals surface area contributed by atoms with Gasteiger partial charge in [-0.25, -0.2) is 4.79 Å². The predicted octanol–water partition coefficient (Wildman–Crippen LogP) is 2.25. The third kappa shape index (κ3) is 4.42. The summed E-state index contributed by atoms with van der Waals surface area (Å²) in [7, 11) is 1.64. The van der Waals surface area contributed by atoms with Crippen LogP contribution in [0.15, 0.2) is 24.3 Å². The number of benzene rings is 1. The molecule has 1 aromatic carbocycles. The quantitative estimate of drug-likeness (QED) is 0.680. The maximum absolute atomic E-state index is 12.5. The highest BCUT2D eigenvalue weighted by Crippen LogP contribution is 2.48. The van der Waals surface area contributed by atoms with Gasteiger partial charge in [0.2, 0.25) is 0 Å².